The summed E-state index contributed by atoms with van der Waals surface area (Å²) >= 11 is 0. The van der Waals surface area contributed by atoms with Crippen LogP contribution in [0, 0.1) is 5.92 Å². The predicted octanol–water partition coefficient (Wildman–Crippen LogP) is 4.12. The molecule has 0 aliphatic heterocycles. The molecule has 2 aromatic carbocycles. The van der Waals surface area contributed by atoms with Crippen molar-refractivity contribution in [1.29, 1.82) is 0 Å². The maximum Gasteiger partial charge on any atom is 0.482 e. The van der Waals surface area contributed by atoms with Crippen molar-refractivity contribution in [3.63, 3.8) is 0 Å². The molecular weight excluding hydrogens is 333 g/mol. The van der Waals surface area contributed by atoms with E-state index >= 15 is 0 Å². The van der Waals surface area contributed by atoms with E-state index in [0.29, 0.717) is 23.6 Å². The Morgan fingerprint density at radius 2 is 1.80 bits per heavy atom. The number of alkyl halides is 3. The van der Waals surface area contributed by atoms with E-state index in [1.54, 1.807) is 18.2 Å². The van der Waals surface area contributed by atoms with E-state index in [9.17, 15) is 23.4 Å². The lowest BCUT2D eigenvalue weighted by molar-refractivity contribution is -0.0999. The molecule has 4 N–H and O–H groups in total. The predicted molar refractivity (Wildman–Crippen MR) is 88.5 cm³/mol. The number of nitrogens with one attached hydrogen (secondary N) is 2. The highest BCUT2D eigenvalue weighted by atomic mass is 19.4. The largest absolute Gasteiger partial charge is 0.504 e. The van der Waals surface area contributed by atoms with Crippen molar-refractivity contribution in [2.24, 2.45) is 5.92 Å². The zero-order chi connectivity index (χ0) is 18.0. The van der Waals surface area contributed by atoms with Crippen molar-refractivity contribution in [2.45, 2.75) is 25.2 Å². The summed E-state index contributed by atoms with van der Waals surface area (Å²) < 4.78 is 37.7. The summed E-state index contributed by atoms with van der Waals surface area (Å²) in [6, 6.07) is 10.0. The summed E-state index contributed by atoms with van der Waals surface area (Å²) in [4.78, 5) is 0. The van der Waals surface area contributed by atoms with E-state index in [2.05, 4.69) is 5.32 Å². The molecule has 1 unspecified atom stereocenters. The molecule has 1 aliphatic rings. The van der Waals surface area contributed by atoms with Gasteiger partial charge in [0.1, 0.15) is 0 Å². The van der Waals surface area contributed by atoms with Crippen LogP contribution in [-0.4, -0.2) is 23.1 Å². The van der Waals surface area contributed by atoms with Crippen LogP contribution in [-0.2, 0) is 0 Å². The third-order valence-electron chi connectivity index (χ3n) is 4.17. The maximum absolute atomic E-state index is 12.6. The molecule has 1 saturated carbocycles. The van der Waals surface area contributed by atoms with Gasteiger partial charge >= 0.3 is 6.30 Å². The first-order valence-corrected chi connectivity index (χ1v) is 8.02. The van der Waals surface area contributed by atoms with Gasteiger partial charge in [-0.2, -0.15) is 13.2 Å². The lowest BCUT2D eigenvalue weighted by atomic mass is 9.96. The smallest absolute Gasteiger partial charge is 0.482 e. The van der Waals surface area contributed by atoms with Crippen LogP contribution in [0.5, 0.6) is 11.5 Å². The zero-order valence-electron chi connectivity index (χ0n) is 13.3. The van der Waals surface area contributed by atoms with Gasteiger partial charge in [0.05, 0.1) is 6.04 Å². The number of benzene rings is 2. The third kappa shape index (κ3) is 4.57. The number of anilines is 1. The minimum Gasteiger partial charge on any atom is -0.504 e. The van der Waals surface area contributed by atoms with Crippen LogP contribution in [0.25, 0.3) is 0 Å². The number of aromatic hydroxyl groups is 2. The summed E-state index contributed by atoms with van der Waals surface area (Å²) in [5.74, 6) is 0.00343. The number of rotatable bonds is 6. The van der Waals surface area contributed by atoms with Crippen LogP contribution in [0.15, 0.2) is 42.5 Å². The van der Waals surface area contributed by atoms with E-state index in [4.69, 9.17) is 0 Å². The van der Waals surface area contributed by atoms with E-state index in [0.717, 1.165) is 12.8 Å². The van der Waals surface area contributed by atoms with Crippen LogP contribution in [0.1, 0.15) is 30.0 Å². The Morgan fingerprint density at radius 1 is 1.08 bits per heavy atom. The van der Waals surface area contributed by atoms with Crippen molar-refractivity contribution in [1.82, 2.24) is 5.32 Å². The second kappa shape index (κ2) is 6.84. The molecule has 25 heavy (non-hydrogen) atoms. The minimum atomic E-state index is -4.53. The lowest BCUT2D eigenvalue weighted by Crippen LogP contribution is -2.25. The minimum absolute atomic E-state index is 0.0807. The molecule has 1 aliphatic carbocycles. The van der Waals surface area contributed by atoms with Crippen LogP contribution >= 0.6 is 0 Å². The van der Waals surface area contributed by atoms with Crippen molar-refractivity contribution < 1.29 is 23.4 Å². The Morgan fingerprint density at radius 3 is 2.48 bits per heavy atom. The van der Waals surface area contributed by atoms with Gasteiger partial charge in [0.25, 0.3) is 0 Å². The van der Waals surface area contributed by atoms with Crippen molar-refractivity contribution >= 4 is 5.69 Å². The molecule has 7 heteroatoms. The van der Waals surface area contributed by atoms with Crippen molar-refractivity contribution in [3.05, 3.63) is 53.6 Å². The first kappa shape index (κ1) is 17.4. The highest BCUT2D eigenvalue weighted by molar-refractivity contribution is 5.52. The van der Waals surface area contributed by atoms with Crippen LogP contribution < -0.4 is 10.6 Å². The lowest BCUT2D eigenvalue weighted by Gasteiger charge is -2.22. The van der Waals surface area contributed by atoms with Gasteiger partial charge in [0.2, 0.25) is 0 Å². The molecule has 0 aromatic heterocycles. The molecule has 0 amide bonds. The summed E-state index contributed by atoms with van der Waals surface area (Å²) in [5.41, 5.74) is 0.906. The highest BCUT2D eigenvalue weighted by Crippen LogP contribution is 2.37. The molecule has 0 spiro atoms. The fraction of sp³-hybridized carbons (Fsp3) is 0.333. The molecule has 134 valence electrons. The SMILES string of the molecule is Oc1cccc(C(NCC2CC2)c2cccc(NC(F)(F)F)c2)c1O. The topological polar surface area (TPSA) is 64.5 Å². The Labute approximate surface area is 143 Å². The Kier molecular flexibility index (Phi) is 4.76. The number of halogens is 3. The van der Waals surface area contributed by atoms with Crippen LogP contribution in [0.2, 0.25) is 0 Å². The zero-order valence-corrected chi connectivity index (χ0v) is 13.3. The summed E-state index contributed by atoms with van der Waals surface area (Å²) in [7, 11) is 0. The molecule has 1 atom stereocenters. The van der Waals surface area contributed by atoms with Gasteiger partial charge in [0, 0.05) is 11.3 Å². The molecule has 1 fully saturated rings. The van der Waals surface area contributed by atoms with Crippen LogP contribution in [0.3, 0.4) is 0 Å². The molecule has 0 heterocycles. The quantitative estimate of drug-likeness (QED) is 0.466. The van der Waals surface area contributed by atoms with Gasteiger partial charge in [-0.25, -0.2) is 0 Å². The van der Waals surface area contributed by atoms with Crippen molar-refractivity contribution in [3.8, 4) is 11.5 Å². The number of para-hydroxylation sites is 1. The molecule has 4 nitrogen and oxygen atoms in total. The first-order valence-electron chi connectivity index (χ1n) is 8.02. The average molecular weight is 352 g/mol. The Bertz CT molecular complexity index is 745. The van der Waals surface area contributed by atoms with E-state index < -0.39 is 12.3 Å². The van der Waals surface area contributed by atoms with Gasteiger partial charge in [-0.1, -0.05) is 24.3 Å². The maximum atomic E-state index is 12.6. The van der Waals surface area contributed by atoms with Gasteiger partial charge in [-0.05, 0) is 49.1 Å². The molecule has 2 aromatic rings. The van der Waals surface area contributed by atoms with E-state index in [-0.39, 0.29) is 17.2 Å². The standard InChI is InChI=1S/C18H19F3N2O2/c19-18(20,21)23-13-4-1-3-12(9-13)16(22-10-11-7-8-11)14-5-2-6-15(24)17(14)25/h1-6,9,11,16,22-25H,7-8,10H2. The monoisotopic (exact) mass is 352 g/mol. The third-order valence-corrected chi connectivity index (χ3v) is 4.17. The Balaban J connectivity index is 1.93. The number of hydrogen-bond donors (Lipinski definition) is 4. The average Bonchev–Trinajstić information content (AvgIpc) is 3.34. The van der Waals surface area contributed by atoms with Gasteiger partial charge < -0.3 is 15.5 Å². The molecule has 0 radical (unpaired) electrons. The first-order chi connectivity index (χ1) is 11.8. The summed E-state index contributed by atoms with van der Waals surface area (Å²) in [6.45, 7) is 0.691. The van der Waals surface area contributed by atoms with E-state index in [1.807, 2.05) is 0 Å². The number of phenolic OH excluding ortho intramolecular Hbond substituents is 2. The summed E-state index contributed by atoms with van der Waals surface area (Å²) in [6.07, 6.45) is -2.30. The fourth-order valence-corrected chi connectivity index (χ4v) is 2.76. The normalized spacial score (nSPS) is 15.8. The van der Waals surface area contributed by atoms with Gasteiger partial charge in [-0.15, -0.1) is 0 Å². The molecule has 0 bridgehead atoms. The molecule has 0 saturated heterocycles. The van der Waals surface area contributed by atoms with E-state index in [1.165, 1.54) is 29.6 Å². The molecule has 3 rings (SSSR count). The number of hydrogen-bond acceptors (Lipinski definition) is 4. The second-order valence-electron chi connectivity index (χ2n) is 6.25. The summed E-state index contributed by atoms with van der Waals surface area (Å²) in [5, 5.41) is 24.7. The highest BCUT2D eigenvalue weighted by Gasteiger charge is 2.28. The van der Waals surface area contributed by atoms with Crippen LogP contribution in [0.4, 0.5) is 18.9 Å². The number of phenols is 2. The Hall–Kier alpha value is -2.41. The van der Waals surface area contributed by atoms with Gasteiger partial charge in [0.15, 0.2) is 11.5 Å². The fourth-order valence-electron chi connectivity index (χ4n) is 2.76. The van der Waals surface area contributed by atoms with Crippen molar-refractivity contribution in [2.75, 3.05) is 11.9 Å². The second-order valence-corrected chi connectivity index (χ2v) is 6.25. The molecular formula is C18H19F3N2O2. The van der Waals surface area contributed by atoms with Gasteiger partial charge in [-0.3, -0.25) is 5.32 Å².